The second-order valence-corrected chi connectivity index (χ2v) is 8.45. The fourth-order valence-electron chi connectivity index (χ4n) is 1.83. The molecule has 0 amide bonds. The van der Waals surface area contributed by atoms with E-state index in [1.54, 1.807) is 0 Å². The maximum atomic E-state index is 6.01. The molecule has 0 radical (unpaired) electrons. The topological polar surface area (TPSA) is 9.23 Å². The van der Waals surface area contributed by atoms with Crippen LogP contribution in [0.3, 0.4) is 0 Å². The molecular weight excluding hydrogens is 188 g/mol. The summed E-state index contributed by atoms with van der Waals surface area (Å²) in [7, 11) is -1.41. The van der Waals surface area contributed by atoms with E-state index in [1.165, 1.54) is 31.4 Å². The van der Waals surface area contributed by atoms with Crippen LogP contribution in [0.25, 0.3) is 0 Å². The summed E-state index contributed by atoms with van der Waals surface area (Å²) in [5.41, 5.74) is 0.813. The Kier molecular flexibility index (Phi) is 4.62. The van der Waals surface area contributed by atoms with Gasteiger partial charge in [0.2, 0.25) is 8.32 Å². The molecule has 72 valence electrons. The minimum absolute atomic E-state index is 0.813. The Labute approximate surface area is 81.6 Å². The van der Waals surface area contributed by atoms with Crippen molar-refractivity contribution in [1.29, 1.82) is 0 Å². The van der Waals surface area contributed by atoms with Gasteiger partial charge < -0.3 is 4.43 Å². The highest BCUT2D eigenvalue weighted by atomic mass is 35.5. The predicted molar refractivity (Wildman–Crippen MR) is 56.2 cm³/mol. The summed E-state index contributed by atoms with van der Waals surface area (Å²) in [5.74, 6) is 0. The highest BCUT2D eigenvalue weighted by Crippen LogP contribution is 2.30. The molecule has 0 bridgehead atoms. The molecule has 0 aromatic rings. The summed E-state index contributed by atoms with van der Waals surface area (Å²) in [6.07, 6.45) is 5.22. The molecule has 0 N–H and O–H groups in total. The Morgan fingerprint density at radius 1 is 1.25 bits per heavy atom. The van der Waals surface area contributed by atoms with E-state index in [1.807, 2.05) is 0 Å². The molecule has 0 unspecified atom stereocenters. The van der Waals surface area contributed by atoms with Crippen LogP contribution < -0.4 is 0 Å². The Morgan fingerprint density at radius 2 is 1.92 bits per heavy atom. The maximum absolute atomic E-state index is 6.01. The van der Waals surface area contributed by atoms with Crippen LogP contribution in [0, 0.1) is 0 Å². The van der Waals surface area contributed by atoms with Gasteiger partial charge in [-0.05, 0) is 18.5 Å². The lowest BCUT2D eigenvalue weighted by molar-refractivity contribution is 0.294. The molecule has 0 saturated carbocycles. The average molecular weight is 207 g/mol. The number of hydrogen-bond acceptors (Lipinski definition) is 1. The summed E-state index contributed by atoms with van der Waals surface area (Å²) >= 11 is 6.01. The van der Waals surface area contributed by atoms with Crippen LogP contribution in [-0.4, -0.2) is 20.4 Å². The average Bonchev–Trinajstić information content (AvgIpc) is 2.16. The molecule has 1 fully saturated rings. The number of hydrogen-bond donors (Lipinski definition) is 0. The minimum Gasteiger partial charge on any atom is -0.416 e. The van der Waals surface area contributed by atoms with Gasteiger partial charge in [0.05, 0.1) is 0 Å². The van der Waals surface area contributed by atoms with Gasteiger partial charge in [0, 0.05) is 12.1 Å². The van der Waals surface area contributed by atoms with E-state index in [2.05, 4.69) is 6.92 Å². The number of halogens is 1. The van der Waals surface area contributed by atoms with Crippen molar-refractivity contribution in [2.75, 3.05) is 12.1 Å². The van der Waals surface area contributed by atoms with E-state index in [-0.39, 0.29) is 0 Å². The molecule has 1 saturated heterocycles. The Balaban J connectivity index is 2.37. The van der Waals surface area contributed by atoms with E-state index < -0.39 is 8.32 Å². The smallest absolute Gasteiger partial charge is 0.207 e. The van der Waals surface area contributed by atoms with Gasteiger partial charge in [-0.25, -0.2) is 0 Å². The summed E-state index contributed by atoms with van der Waals surface area (Å²) in [4.78, 5) is 0. The van der Waals surface area contributed by atoms with Gasteiger partial charge in [0.1, 0.15) is 0 Å². The predicted octanol–water partition coefficient (Wildman–Crippen LogP) is 3.32. The van der Waals surface area contributed by atoms with Crippen LogP contribution in [0.2, 0.25) is 12.1 Å². The molecule has 0 atom stereocenters. The van der Waals surface area contributed by atoms with Gasteiger partial charge in [0.25, 0.3) is 0 Å². The zero-order chi connectivity index (χ0) is 8.86. The van der Waals surface area contributed by atoms with Gasteiger partial charge >= 0.3 is 0 Å². The van der Waals surface area contributed by atoms with Crippen LogP contribution in [-0.2, 0) is 4.43 Å². The van der Waals surface area contributed by atoms with Gasteiger partial charge in [-0.2, -0.15) is 0 Å². The Morgan fingerprint density at radius 3 is 2.42 bits per heavy atom. The highest BCUT2D eigenvalue weighted by Gasteiger charge is 2.35. The van der Waals surface area contributed by atoms with Crippen LogP contribution in [0.4, 0.5) is 0 Å². The quantitative estimate of drug-likeness (QED) is 0.507. The monoisotopic (exact) mass is 206 g/mol. The number of rotatable bonds is 4. The molecule has 0 aliphatic carbocycles. The lowest BCUT2D eigenvalue weighted by Crippen LogP contribution is -2.42. The summed E-state index contributed by atoms with van der Waals surface area (Å²) in [6.45, 7) is 3.10. The van der Waals surface area contributed by atoms with Crippen LogP contribution in [0.5, 0.6) is 0 Å². The van der Waals surface area contributed by atoms with E-state index in [0.29, 0.717) is 0 Å². The van der Waals surface area contributed by atoms with Crippen molar-refractivity contribution in [2.24, 2.45) is 0 Å². The third kappa shape index (κ3) is 2.75. The molecule has 0 aromatic carbocycles. The number of alkyl halides is 1. The first-order valence-corrected chi connectivity index (χ1v) is 8.09. The van der Waals surface area contributed by atoms with Crippen molar-refractivity contribution < 1.29 is 4.43 Å². The Hall–Kier alpha value is 0.467. The zero-order valence-corrected chi connectivity index (χ0v) is 9.70. The maximum Gasteiger partial charge on any atom is 0.207 e. The van der Waals surface area contributed by atoms with E-state index in [9.17, 15) is 0 Å². The second-order valence-electron chi connectivity index (χ2n) is 3.73. The first-order chi connectivity index (χ1) is 5.83. The van der Waals surface area contributed by atoms with Gasteiger partial charge in [-0.1, -0.05) is 26.2 Å². The Bertz CT molecular complexity index is 124. The largest absolute Gasteiger partial charge is 0.416 e. The van der Waals surface area contributed by atoms with Gasteiger partial charge in [-0.3, -0.25) is 0 Å². The molecule has 3 heteroatoms. The van der Waals surface area contributed by atoms with Gasteiger partial charge in [-0.15, -0.1) is 11.6 Å². The molecule has 1 nitrogen and oxygen atoms in total. The molecule has 1 aliphatic rings. The van der Waals surface area contributed by atoms with Crippen LogP contribution >= 0.6 is 11.6 Å². The van der Waals surface area contributed by atoms with E-state index in [4.69, 9.17) is 16.0 Å². The van der Waals surface area contributed by atoms with E-state index >= 15 is 0 Å². The lowest BCUT2D eigenvalue weighted by atomic mass is 10.3. The zero-order valence-electron chi connectivity index (χ0n) is 7.94. The van der Waals surface area contributed by atoms with Crippen molar-refractivity contribution in [1.82, 2.24) is 0 Å². The van der Waals surface area contributed by atoms with Crippen molar-refractivity contribution >= 4 is 19.9 Å². The third-order valence-electron chi connectivity index (χ3n) is 2.62. The first kappa shape index (κ1) is 10.5. The minimum atomic E-state index is -1.41. The van der Waals surface area contributed by atoms with Crippen molar-refractivity contribution in [3.63, 3.8) is 0 Å². The fourth-order valence-corrected chi connectivity index (χ4v) is 6.17. The lowest BCUT2D eigenvalue weighted by Gasteiger charge is -2.32. The van der Waals surface area contributed by atoms with Gasteiger partial charge in [0.15, 0.2) is 0 Å². The standard InChI is InChI=1S/C9H19ClOSi/c1-2-6-11-12(9-10)7-4-3-5-8-12/h2-9H2,1H3. The molecule has 1 aliphatic heterocycles. The van der Waals surface area contributed by atoms with Crippen molar-refractivity contribution in [3.05, 3.63) is 0 Å². The summed E-state index contributed by atoms with van der Waals surface area (Å²) < 4.78 is 5.98. The molecule has 1 heterocycles. The van der Waals surface area contributed by atoms with Crippen molar-refractivity contribution in [2.45, 2.75) is 44.7 Å². The molecule has 0 aromatic heterocycles. The molecule has 12 heavy (non-hydrogen) atoms. The van der Waals surface area contributed by atoms with Crippen LogP contribution in [0.1, 0.15) is 32.6 Å². The molecule has 0 spiro atoms. The molecule has 1 rings (SSSR count). The third-order valence-corrected chi connectivity index (χ3v) is 7.92. The fraction of sp³-hybridized carbons (Fsp3) is 1.00. The normalized spacial score (nSPS) is 22.5. The SMILES string of the molecule is CCCO[Si]1(CCl)CCCCC1. The first-order valence-electron chi connectivity index (χ1n) is 5.03. The van der Waals surface area contributed by atoms with E-state index in [0.717, 1.165) is 18.5 Å². The van der Waals surface area contributed by atoms with Crippen molar-refractivity contribution in [3.8, 4) is 0 Å². The summed E-state index contributed by atoms with van der Waals surface area (Å²) in [5, 5.41) is 0. The highest BCUT2D eigenvalue weighted by molar-refractivity contribution is 6.80. The van der Waals surface area contributed by atoms with Crippen LogP contribution in [0.15, 0.2) is 0 Å². The summed E-state index contributed by atoms with van der Waals surface area (Å²) in [6, 6.07) is 2.60. The molecular formula is C9H19ClOSi. The second kappa shape index (κ2) is 5.25.